The second kappa shape index (κ2) is 5.53. The number of nitrogen functional groups attached to an aromatic ring is 1. The zero-order valence-corrected chi connectivity index (χ0v) is 14.3. The van der Waals surface area contributed by atoms with Crippen molar-refractivity contribution in [1.82, 2.24) is 14.3 Å². The number of nitrogens with two attached hydrogens (primary N) is 1. The van der Waals surface area contributed by atoms with Crippen LogP contribution in [0.25, 0.3) is 11.3 Å². The quantitative estimate of drug-likeness (QED) is 0.918. The number of rotatable bonds is 3. The Hall–Kier alpha value is -1.99. The lowest BCUT2D eigenvalue weighted by Crippen LogP contribution is -2.38. The van der Waals surface area contributed by atoms with E-state index in [4.69, 9.17) is 5.73 Å². The van der Waals surface area contributed by atoms with E-state index in [0.29, 0.717) is 18.4 Å². The molecular weight excluding hydrogens is 324 g/mol. The number of piperidine rings is 1. The maximum atomic E-state index is 11.8. The monoisotopic (exact) mass is 344 g/mol. The van der Waals surface area contributed by atoms with Crippen molar-refractivity contribution in [2.45, 2.75) is 24.8 Å². The highest BCUT2D eigenvalue weighted by atomic mass is 32.2. The highest BCUT2D eigenvalue weighted by molar-refractivity contribution is 7.88. The normalized spacial score (nSPS) is 26.8. The van der Waals surface area contributed by atoms with Crippen LogP contribution in [-0.2, 0) is 10.0 Å². The van der Waals surface area contributed by atoms with Gasteiger partial charge in [0, 0.05) is 24.3 Å². The average Bonchev–Trinajstić information content (AvgIpc) is 3.15. The first-order chi connectivity index (χ1) is 11.4. The number of hydrogen-bond acceptors (Lipinski definition) is 5. The van der Waals surface area contributed by atoms with Crippen LogP contribution in [0.2, 0.25) is 0 Å². The van der Waals surface area contributed by atoms with Crippen molar-refractivity contribution in [2.75, 3.05) is 18.5 Å². The number of anilines is 1. The van der Waals surface area contributed by atoms with Gasteiger partial charge in [-0.2, -0.15) is 4.31 Å². The molecule has 1 aliphatic carbocycles. The molecule has 2 aromatic rings. The van der Waals surface area contributed by atoms with Crippen molar-refractivity contribution in [3.63, 3.8) is 0 Å². The number of hydrogen-bond donors (Lipinski definition) is 1. The largest absolute Gasteiger partial charge is 0.368 e. The second-order valence-corrected chi connectivity index (χ2v) is 8.68. The molecule has 7 heteroatoms. The Bertz CT molecular complexity index is 866. The van der Waals surface area contributed by atoms with Crippen LogP contribution in [0, 0.1) is 5.92 Å². The summed E-state index contributed by atoms with van der Waals surface area (Å²) in [6, 6.07) is 10.4. The van der Waals surface area contributed by atoms with Gasteiger partial charge in [0.25, 0.3) is 0 Å². The molecule has 1 aromatic carbocycles. The van der Waals surface area contributed by atoms with Gasteiger partial charge in [0.15, 0.2) is 0 Å². The standard InChI is InChI=1S/C17H20N4O2S/c1-24(22,23)21-10-13-8-14(21)9-15(13)11-2-4-12(5-3-11)16-6-7-19-17(18)20-16/h2-7,13-15H,8-10H2,1H3,(H2,18,19,20). The van der Waals surface area contributed by atoms with Crippen molar-refractivity contribution in [3.8, 4) is 11.3 Å². The Labute approximate surface area is 141 Å². The van der Waals surface area contributed by atoms with Crippen LogP contribution in [0.4, 0.5) is 5.95 Å². The fraction of sp³-hybridized carbons (Fsp3) is 0.412. The molecule has 1 aromatic heterocycles. The smallest absolute Gasteiger partial charge is 0.220 e. The molecule has 2 fully saturated rings. The van der Waals surface area contributed by atoms with E-state index in [2.05, 4.69) is 34.2 Å². The molecule has 0 radical (unpaired) electrons. The highest BCUT2D eigenvalue weighted by Gasteiger charge is 2.48. The molecular formula is C17H20N4O2S. The summed E-state index contributed by atoms with van der Waals surface area (Å²) in [4.78, 5) is 8.15. The topological polar surface area (TPSA) is 89.2 Å². The van der Waals surface area contributed by atoms with Gasteiger partial charge in [-0.15, -0.1) is 0 Å². The minimum absolute atomic E-state index is 0.163. The lowest BCUT2D eigenvalue weighted by atomic mass is 9.87. The third-order valence-electron chi connectivity index (χ3n) is 5.23. The molecule has 0 amide bonds. The van der Waals surface area contributed by atoms with E-state index in [1.54, 1.807) is 10.5 Å². The fourth-order valence-corrected chi connectivity index (χ4v) is 5.34. The van der Waals surface area contributed by atoms with Crippen LogP contribution in [0.5, 0.6) is 0 Å². The average molecular weight is 344 g/mol. The highest BCUT2D eigenvalue weighted by Crippen LogP contribution is 2.48. The van der Waals surface area contributed by atoms with E-state index in [1.165, 1.54) is 11.8 Å². The third kappa shape index (κ3) is 2.67. The van der Waals surface area contributed by atoms with Crippen LogP contribution < -0.4 is 5.73 Å². The summed E-state index contributed by atoms with van der Waals surface area (Å²) in [5.74, 6) is 1.13. The number of aromatic nitrogens is 2. The molecule has 2 heterocycles. The lowest BCUT2D eigenvalue weighted by Gasteiger charge is -2.30. The molecule has 1 saturated heterocycles. The zero-order chi connectivity index (χ0) is 16.9. The fourth-order valence-electron chi connectivity index (χ4n) is 4.16. The first kappa shape index (κ1) is 15.5. The number of nitrogens with zero attached hydrogens (tertiary/aromatic N) is 3. The van der Waals surface area contributed by atoms with Gasteiger partial charge >= 0.3 is 0 Å². The van der Waals surface area contributed by atoms with Crippen molar-refractivity contribution in [3.05, 3.63) is 42.1 Å². The molecule has 4 rings (SSSR count). The van der Waals surface area contributed by atoms with Gasteiger partial charge in [0.1, 0.15) is 0 Å². The molecule has 0 spiro atoms. The van der Waals surface area contributed by atoms with E-state index >= 15 is 0 Å². The van der Waals surface area contributed by atoms with Gasteiger partial charge in [-0.1, -0.05) is 24.3 Å². The van der Waals surface area contributed by atoms with E-state index in [0.717, 1.165) is 24.1 Å². The molecule has 2 N–H and O–H groups in total. The Morgan fingerprint density at radius 2 is 1.92 bits per heavy atom. The third-order valence-corrected chi connectivity index (χ3v) is 6.53. The summed E-state index contributed by atoms with van der Waals surface area (Å²) in [6.45, 7) is 0.651. The summed E-state index contributed by atoms with van der Waals surface area (Å²) in [6.07, 6.45) is 4.85. The molecule has 2 aliphatic rings. The predicted molar refractivity (Wildman–Crippen MR) is 92.7 cm³/mol. The minimum Gasteiger partial charge on any atom is -0.368 e. The SMILES string of the molecule is CS(=O)(=O)N1CC2CC1CC2c1ccc(-c2ccnc(N)n2)cc1. The summed E-state index contributed by atoms with van der Waals surface area (Å²) in [5.41, 5.74) is 8.74. The molecule has 1 saturated carbocycles. The van der Waals surface area contributed by atoms with Crippen LogP contribution in [0.3, 0.4) is 0 Å². The van der Waals surface area contributed by atoms with Gasteiger partial charge in [-0.25, -0.2) is 18.4 Å². The van der Waals surface area contributed by atoms with Gasteiger partial charge in [0.05, 0.1) is 11.9 Å². The van der Waals surface area contributed by atoms with E-state index in [-0.39, 0.29) is 12.0 Å². The summed E-state index contributed by atoms with van der Waals surface area (Å²) in [7, 11) is -3.08. The molecule has 3 atom stereocenters. The molecule has 3 unspecified atom stereocenters. The van der Waals surface area contributed by atoms with Gasteiger partial charge in [0.2, 0.25) is 16.0 Å². The van der Waals surface area contributed by atoms with E-state index < -0.39 is 10.0 Å². The van der Waals surface area contributed by atoms with Crippen molar-refractivity contribution >= 4 is 16.0 Å². The van der Waals surface area contributed by atoms with Crippen molar-refractivity contribution < 1.29 is 8.42 Å². The minimum atomic E-state index is -3.08. The second-order valence-electron chi connectivity index (χ2n) is 6.75. The molecule has 6 nitrogen and oxygen atoms in total. The molecule has 1 aliphatic heterocycles. The first-order valence-electron chi connectivity index (χ1n) is 8.07. The molecule has 2 bridgehead atoms. The molecule has 24 heavy (non-hydrogen) atoms. The van der Waals surface area contributed by atoms with Crippen molar-refractivity contribution in [1.29, 1.82) is 0 Å². The zero-order valence-electron chi connectivity index (χ0n) is 13.5. The summed E-state index contributed by atoms with van der Waals surface area (Å²) in [5, 5.41) is 0. The first-order valence-corrected chi connectivity index (χ1v) is 9.92. The Morgan fingerprint density at radius 1 is 1.17 bits per heavy atom. The van der Waals surface area contributed by atoms with Crippen molar-refractivity contribution in [2.24, 2.45) is 5.92 Å². The van der Waals surface area contributed by atoms with Crippen LogP contribution in [0.1, 0.15) is 24.3 Å². The Morgan fingerprint density at radius 3 is 2.50 bits per heavy atom. The summed E-state index contributed by atoms with van der Waals surface area (Å²) < 4.78 is 25.3. The lowest BCUT2D eigenvalue weighted by molar-refractivity contribution is 0.310. The van der Waals surface area contributed by atoms with Crippen LogP contribution in [0.15, 0.2) is 36.5 Å². The van der Waals surface area contributed by atoms with Crippen LogP contribution >= 0.6 is 0 Å². The van der Waals surface area contributed by atoms with Crippen LogP contribution in [-0.4, -0.2) is 41.5 Å². The maximum Gasteiger partial charge on any atom is 0.220 e. The number of sulfonamides is 1. The maximum absolute atomic E-state index is 11.8. The Kier molecular flexibility index (Phi) is 3.58. The van der Waals surface area contributed by atoms with E-state index in [1.807, 2.05) is 6.07 Å². The molecule has 126 valence electrons. The summed E-state index contributed by atoms with van der Waals surface area (Å²) >= 11 is 0. The van der Waals surface area contributed by atoms with Gasteiger partial charge in [-0.3, -0.25) is 0 Å². The van der Waals surface area contributed by atoms with Gasteiger partial charge in [-0.05, 0) is 36.3 Å². The predicted octanol–water partition coefficient (Wildman–Crippen LogP) is 1.86. The Balaban J connectivity index is 1.53. The number of benzene rings is 1. The van der Waals surface area contributed by atoms with E-state index in [9.17, 15) is 8.42 Å². The van der Waals surface area contributed by atoms with Gasteiger partial charge < -0.3 is 5.73 Å². The number of fused-ring (bicyclic) bond motifs is 2.